The van der Waals surface area contributed by atoms with Gasteiger partial charge in [0.15, 0.2) is 0 Å². The predicted octanol–water partition coefficient (Wildman–Crippen LogP) is 2.39. The molecule has 0 bridgehead atoms. The Kier molecular flexibility index (Phi) is 3.33. The van der Waals surface area contributed by atoms with E-state index in [9.17, 15) is 0 Å². The summed E-state index contributed by atoms with van der Waals surface area (Å²) in [5.74, 6) is 0.254. The third-order valence-electron chi connectivity index (χ3n) is 1.69. The largest absolute Gasteiger partial charge is 0.396 e. The molecular formula is C9H11IO. The molecule has 0 saturated heterocycles. The Hall–Kier alpha value is -0.0900. The highest BCUT2D eigenvalue weighted by atomic mass is 127. The minimum Gasteiger partial charge on any atom is -0.396 e. The predicted molar refractivity (Wildman–Crippen MR) is 54.7 cm³/mol. The average molecular weight is 262 g/mol. The van der Waals surface area contributed by atoms with E-state index in [0.717, 1.165) is 0 Å². The van der Waals surface area contributed by atoms with Crippen molar-refractivity contribution in [2.45, 2.75) is 12.8 Å². The lowest BCUT2D eigenvalue weighted by molar-refractivity contribution is 0.273. The molecule has 0 fully saturated rings. The Bertz CT molecular complexity index is 235. The van der Waals surface area contributed by atoms with E-state index < -0.39 is 0 Å². The third-order valence-corrected chi connectivity index (χ3v) is 2.36. The average Bonchev–Trinajstić information content (AvgIpc) is 2.03. The Labute approximate surface area is 80.6 Å². The zero-order valence-corrected chi connectivity index (χ0v) is 8.58. The maximum atomic E-state index is 8.88. The first kappa shape index (κ1) is 9.00. The van der Waals surface area contributed by atoms with Crippen molar-refractivity contribution in [1.29, 1.82) is 0 Å². The molecule has 0 saturated carbocycles. The van der Waals surface area contributed by atoms with Crippen LogP contribution >= 0.6 is 22.6 Å². The molecule has 1 aromatic carbocycles. The summed E-state index contributed by atoms with van der Waals surface area (Å²) >= 11 is 2.27. The first-order chi connectivity index (χ1) is 5.24. The van der Waals surface area contributed by atoms with Gasteiger partial charge in [0.1, 0.15) is 0 Å². The number of rotatable bonds is 2. The second-order valence-corrected chi connectivity index (χ2v) is 3.88. The number of halogens is 1. The lowest BCUT2D eigenvalue weighted by atomic mass is 10.0. The number of hydrogen-bond acceptors (Lipinski definition) is 1. The summed E-state index contributed by atoms with van der Waals surface area (Å²) in [7, 11) is 0. The van der Waals surface area contributed by atoms with Gasteiger partial charge in [-0.2, -0.15) is 0 Å². The maximum Gasteiger partial charge on any atom is 0.0497 e. The fourth-order valence-corrected chi connectivity index (χ4v) is 1.49. The van der Waals surface area contributed by atoms with Gasteiger partial charge in [0.25, 0.3) is 0 Å². The lowest BCUT2D eigenvalue weighted by Crippen LogP contribution is -1.98. The minimum absolute atomic E-state index is 0.222. The SMILES string of the molecule is CC(CO)c1cccc(I)c1. The number of hydrogen-bond donors (Lipinski definition) is 1. The van der Waals surface area contributed by atoms with Crippen LogP contribution in [0.5, 0.6) is 0 Å². The van der Waals surface area contributed by atoms with Crippen LogP contribution in [0.1, 0.15) is 18.4 Å². The van der Waals surface area contributed by atoms with Gasteiger partial charge in [-0.05, 0) is 40.3 Å². The van der Waals surface area contributed by atoms with Gasteiger partial charge in [0.2, 0.25) is 0 Å². The molecule has 60 valence electrons. The molecule has 1 nitrogen and oxygen atoms in total. The Morgan fingerprint density at radius 1 is 1.55 bits per heavy atom. The summed E-state index contributed by atoms with van der Waals surface area (Å²) in [6.45, 7) is 2.24. The van der Waals surface area contributed by atoms with Gasteiger partial charge in [0, 0.05) is 16.1 Å². The second-order valence-electron chi connectivity index (χ2n) is 2.64. The molecule has 1 aromatic rings. The number of benzene rings is 1. The van der Waals surface area contributed by atoms with Crippen molar-refractivity contribution in [3.63, 3.8) is 0 Å². The van der Waals surface area contributed by atoms with Crippen molar-refractivity contribution in [3.05, 3.63) is 33.4 Å². The smallest absolute Gasteiger partial charge is 0.0497 e. The van der Waals surface area contributed by atoms with Crippen molar-refractivity contribution in [2.75, 3.05) is 6.61 Å². The first-order valence-corrected chi connectivity index (χ1v) is 4.68. The number of aliphatic hydroxyl groups excluding tert-OH is 1. The van der Waals surface area contributed by atoms with Gasteiger partial charge in [0.05, 0.1) is 0 Å². The summed E-state index contributed by atoms with van der Waals surface area (Å²) in [5, 5.41) is 8.88. The molecule has 0 aliphatic heterocycles. The summed E-state index contributed by atoms with van der Waals surface area (Å²) in [5.41, 5.74) is 1.21. The van der Waals surface area contributed by atoms with E-state index >= 15 is 0 Å². The highest BCUT2D eigenvalue weighted by Gasteiger charge is 2.02. The molecule has 2 heteroatoms. The zero-order valence-electron chi connectivity index (χ0n) is 6.42. The zero-order chi connectivity index (χ0) is 8.27. The molecule has 11 heavy (non-hydrogen) atoms. The van der Waals surface area contributed by atoms with Crippen molar-refractivity contribution in [1.82, 2.24) is 0 Å². The summed E-state index contributed by atoms with van der Waals surface area (Å²) < 4.78 is 1.22. The van der Waals surface area contributed by atoms with Gasteiger partial charge >= 0.3 is 0 Å². The summed E-state index contributed by atoms with van der Waals surface area (Å²) in [6, 6.07) is 8.21. The Morgan fingerprint density at radius 2 is 2.27 bits per heavy atom. The van der Waals surface area contributed by atoms with Crippen molar-refractivity contribution < 1.29 is 5.11 Å². The highest BCUT2D eigenvalue weighted by Crippen LogP contribution is 2.16. The molecule has 0 aromatic heterocycles. The fourth-order valence-electron chi connectivity index (χ4n) is 0.919. The van der Waals surface area contributed by atoms with Gasteiger partial charge in [-0.1, -0.05) is 19.1 Å². The third kappa shape index (κ3) is 2.45. The molecule has 0 heterocycles. The van der Waals surface area contributed by atoms with E-state index in [1.807, 2.05) is 25.1 Å². The first-order valence-electron chi connectivity index (χ1n) is 3.60. The monoisotopic (exact) mass is 262 g/mol. The molecule has 1 unspecified atom stereocenters. The van der Waals surface area contributed by atoms with Crippen molar-refractivity contribution >= 4 is 22.6 Å². The van der Waals surface area contributed by atoms with Crippen LogP contribution in [0.2, 0.25) is 0 Å². The van der Waals surface area contributed by atoms with E-state index in [2.05, 4.69) is 28.7 Å². The van der Waals surface area contributed by atoms with Gasteiger partial charge in [-0.3, -0.25) is 0 Å². The van der Waals surface area contributed by atoms with E-state index in [-0.39, 0.29) is 12.5 Å². The van der Waals surface area contributed by atoms with Crippen LogP contribution in [-0.2, 0) is 0 Å². The van der Waals surface area contributed by atoms with E-state index in [4.69, 9.17) is 5.11 Å². The standard InChI is InChI=1S/C9H11IO/c1-7(6-11)8-3-2-4-9(10)5-8/h2-5,7,11H,6H2,1H3. The van der Waals surface area contributed by atoms with Gasteiger partial charge in [-0.25, -0.2) is 0 Å². The summed E-state index contributed by atoms with van der Waals surface area (Å²) in [4.78, 5) is 0. The molecule has 0 amide bonds. The van der Waals surface area contributed by atoms with Crippen LogP contribution < -0.4 is 0 Å². The quantitative estimate of drug-likeness (QED) is 0.811. The molecule has 0 radical (unpaired) electrons. The Morgan fingerprint density at radius 3 is 2.82 bits per heavy atom. The van der Waals surface area contributed by atoms with Gasteiger partial charge in [-0.15, -0.1) is 0 Å². The van der Waals surface area contributed by atoms with Gasteiger partial charge < -0.3 is 5.11 Å². The van der Waals surface area contributed by atoms with Crippen LogP contribution in [0.25, 0.3) is 0 Å². The minimum atomic E-state index is 0.222. The van der Waals surface area contributed by atoms with Crippen LogP contribution in [0.15, 0.2) is 24.3 Å². The molecule has 0 aliphatic carbocycles. The highest BCUT2D eigenvalue weighted by molar-refractivity contribution is 14.1. The van der Waals surface area contributed by atoms with E-state index in [1.54, 1.807) is 0 Å². The van der Waals surface area contributed by atoms with Crippen molar-refractivity contribution in [3.8, 4) is 0 Å². The Balaban J connectivity index is 2.86. The normalized spacial score (nSPS) is 13.0. The molecule has 0 spiro atoms. The maximum absolute atomic E-state index is 8.88. The molecule has 1 atom stereocenters. The fraction of sp³-hybridized carbons (Fsp3) is 0.333. The van der Waals surface area contributed by atoms with Crippen molar-refractivity contribution in [2.24, 2.45) is 0 Å². The molecule has 1 N–H and O–H groups in total. The molecular weight excluding hydrogens is 251 g/mol. The van der Waals surface area contributed by atoms with Crippen LogP contribution in [0.3, 0.4) is 0 Å². The van der Waals surface area contributed by atoms with Crippen LogP contribution in [0, 0.1) is 3.57 Å². The number of aliphatic hydroxyl groups is 1. The molecule has 0 aliphatic rings. The van der Waals surface area contributed by atoms with E-state index in [0.29, 0.717) is 0 Å². The van der Waals surface area contributed by atoms with Crippen LogP contribution in [-0.4, -0.2) is 11.7 Å². The van der Waals surface area contributed by atoms with Crippen LogP contribution in [0.4, 0.5) is 0 Å². The molecule has 1 rings (SSSR count). The van der Waals surface area contributed by atoms with E-state index in [1.165, 1.54) is 9.13 Å². The summed E-state index contributed by atoms with van der Waals surface area (Å²) in [6.07, 6.45) is 0. The lowest BCUT2D eigenvalue weighted by Gasteiger charge is -2.07. The topological polar surface area (TPSA) is 20.2 Å². The second kappa shape index (κ2) is 4.07.